The molecule has 27 heavy (non-hydrogen) atoms. The molecule has 0 aliphatic heterocycles. The monoisotopic (exact) mass is 361 g/mol. The summed E-state index contributed by atoms with van der Waals surface area (Å²) in [5, 5.41) is 2.84. The molecule has 1 heterocycles. The highest BCUT2D eigenvalue weighted by Gasteiger charge is 2.12. The maximum Gasteiger partial charge on any atom is 0.290 e. The van der Waals surface area contributed by atoms with Gasteiger partial charge in [0, 0.05) is 11.8 Å². The summed E-state index contributed by atoms with van der Waals surface area (Å²) in [7, 11) is 0. The van der Waals surface area contributed by atoms with Crippen LogP contribution in [0, 0.1) is 0 Å². The lowest BCUT2D eigenvalue weighted by atomic mass is 10.2. The van der Waals surface area contributed by atoms with Crippen LogP contribution < -0.4 is 14.6 Å². The number of anilines is 1. The number of amides is 1. The summed E-state index contributed by atoms with van der Waals surface area (Å²) < 4.78 is 7.42. The third-order valence-electron chi connectivity index (χ3n) is 3.98. The minimum absolute atomic E-state index is 0.0316. The van der Waals surface area contributed by atoms with Crippen LogP contribution in [-0.2, 0) is 17.9 Å². The molecule has 5 nitrogen and oxygen atoms in total. The summed E-state index contributed by atoms with van der Waals surface area (Å²) in [6, 6.07) is 20.7. The third kappa shape index (κ3) is 5.51. The van der Waals surface area contributed by atoms with Gasteiger partial charge in [0.25, 0.3) is 5.91 Å². The lowest BCUT2D eigenvalue weighted by Crippen LogP contribution is -2.40. The molecule has 0 bridgehead atoms. The van der Waals surface area contributed by atoms with E-state index in [4.69, 9.17) is 4.74 Å². The number of nitrogens with one attached hydrogen (secondary N) is 1. The van der Waals surface area contributed by atoms with Crippen molar-refractivity contribution in [3.8, 4) is 5.75 Å². The summed E-state index contributed by atoms with van der Waals surface area (Å²) in [6.45, 7) is 2.13. The molecule has 0 spiro atoms. The molecule has 1 N–H and O–H groups in total. The second-order valence-corrected chi connectivity index (χ2v) is 6.17. The number of hydrogen-bond acceptors (Lipinski definition) is 3. The van der Waals surface area contributed by atoms with Gasteiger partial charge in [-0.1, -0.05) is 30.3 Å². The highest BCUT2D eigenvalue weighted by atomic mass is 16.5. The van der Waals surface area contributed by atoms with Gasteiger partial charge >= 0.3 is 0 Å². The highest BCUT2D eigenvalue weighted by molar-refractivity contribution is 5.93. The van der Waals surface area contributed by atoms with Gasteiger partial charge in [-0.25, -0.2) is 0 Å². The SMILES string of the molecule is CC(=O)c1ccc[n+](CC(=O)Nc2ccc(OCc3ccccc3)cc2)c1. The number of rotatable bonds is 7. The Hall–Kier alpha value is -3.47. The standard InChI is InChI=1S/C22H20N2O3/c1-17(25)19-8-5-13-24(14-19)15-22(26)23-20-9-11-21(12-10-20)27-16-18-6-3-2-4-7-18/h2-14H,15-16H2,1H3/p+1. The van der Waals surface area contributed by atoms with Crippen LogP contribution in [0.5, 0.6) is 5.75 Å². The topological polar surface area (TPSA) is 59.3 Å². The Labute approximate surface area is 158 Å². The summed E-state index contributed by atoms with van der Waals surface area (Å²) in [4.78, 5) is 23.6. The predicted octanol–water partition coefficient (Wildman–Crippen LogP) is 3.39. The molecule has 0 unspecified atom stereocenters. The Morgan fingerprint density at radius 1 is 0.963 bits per heavy atom. The van der Waals surface area contributed by atoms with Crippen molar-refractivity contribution in [2.75, 3.05) is 5.32 Å². The number of pyridine rings is 1. The fraction of sp³-hybridized carbons (Fsp3) is 0.136. The number of benzene rings is 2. The Morgan fingerprint density at radius 2 is 1.70 bits per heavy atom. The van der Waals surface area contributed by atoms with E-state index in [1.165, 1.54) is 6.92 Å². The number of aromatic nitrogens is 1. The minimum Gasteiger partial charge on any atom is -0.489 e. The lowest BCUT2D eigenvalue weighted by molar-refractivity contribution is -0.684. The molecule has 0 saturated heterocycles. The number of nitrogens with zero attached hydrogens (tertiary/aromatic N) is 1. The van der Waals surface area contributed by atoms with E-state index in [1.54, 1.807) is 41.2 Å². The van der Waals surface area contributed by atoms with E-state index in [0.29, 0.717) is 17.9 Å². The first-order valence-corrected chi connectivity index (χ1v) is 8.67. The number of hydrogen-bond donors (Lipinski definition) is 1. The summed E-state index contributed by atoms with van der Waals surface area (Å²) in [5.41, 5.74) is 2.36. The maximum absolute atomic E-state index is 12.2. The first-order chi connectivity index (χ1) is 13.1. The van der Waals surface area contributed by atoms with Crippen molar-refractivity contribution in [2.45, 2.75) is 20.1 Å². The van der Waals surface area contributed by atoms with Crippen LogP contribution in [0.2, 0.25) is 0 Å². The van der Waals surface area contributed by atoms with Crippen LogP contribution in [0.3, 0.4) is 0 Å². The molecule has 5 heteroatoms. The largest absolute Gasteiger partial charge is 0.489 e. The van der Waals surface area contributed by atoms with Crippen LogP contribution in [-0.4, -0.2) is 11.7 Å². The Morgan fingerprint density at radius 3 is 2.41 bits per heavy atom. The molecular formula is C22H21N2O3+. The van der Waals surface area contributed by atoms with Crippen LogP contribution >= 0.6 is 0 Å². The molecule has 136 valence electrons. The number of ketones is 1. The Balaban J connectivity index is 1.54. The molecule has 0 radical (unpaired) electrons. The maximum atomic E-state index is 12.2. The van der Waals surface area contributed by atoms with Crippen LogP contribution in [0.1, 0.15) is 22.8 Å². The predicted molar refractivity (Wildman–Crippen MR) is 102 cm³/mol. The second-order valence-electron chi connectivity index (χ2n) is 6.17. The average Bonchev–Trinajstić information content (AvgIpc) is 2.68. The van der Waals surface area contributed by atoms with E-state index < -0.39 is 0 Å². The fourth-order valence-electron chi connectivity index (χ4n) is 2.57. The summed E-state index contributed by atoms with van der Waals surface area (Å²) in [6.07, 6.45) is 3.43. The van der Waals surface area contributed by atoms with E-state index >= 15 is 0 Å². The average molecular weight is 361 g/mol. The van der Waals surface area contributed by atoms with E-state index in [1.807, 2.05) is 42.5 Å². The summed E-state index contributed by atoms with van der Waals surface area (Å²) >= 11 is 0. The zero-order valence-corrected chi connectivity index (χ0v) is 15.1. The molecule has 0 fully saturated rings. The van der Waals surface area contributed by atoms with Gasteiger partial charge in [-0.15, -0.1) is 0 Å². The highest BCUT2D eigenvalue weighted by Crippen LogP contribution is 2.17. The Bertz CT molecular complexity index is 922. The quantitative estimate of drug-likeness (QED) is 0.518. The lowest BCUT2D eigenvalue weighted by Gasteiger charge is -2.08. The van der Waals surface area contributed by atoms with Crippen molar-refractivity contribution in [3.05, 3.63) is 90.3 Å². The molecule has 0 atom stereocenters. The smallest absolute Gasteiger partial charge is 0.290 e. The first kappa shape index (κ1) is 18.3. The van der Waals surface area contributed by atoms with E-state index in [2.05, 4.69) is 5.32 Å². The third-order valence-corrected chi connectivity index (χ3v) is 3.98. The van der Waals surface area contributed by atoms with Gasteiger partial charge < -0.3 is 10.1 Å². The normalized spacial score (nSPS) is 10.3. The van der Waals surface area contributed by atoms with Gasteiger partial charge in [-0.2, -0.15) is 4.57 Å². The van der Waals surface area contributed by atoms with Gasteiger partial charge in [0.1, 0.15) is 12.4 Å². The van der Waals surface area contributed by atoms with Crippen molar-refractivity contribution < 1.29 is 18.9 Å². The van der Waals surface area contributed by atoms with Crippen LogP contribution in [0.15, 0.2) is 79.1 Å². The molecule has 1 amide bonds. The Kier molecular flexibility index (Phi) is 5.94. The van der Waals surface area contributed by atoms with Gasteiger partial charge in [-0.3, -0.25) is 9.59 Å². The molecule has 0 saturated carbocycles. The fourth-order valence-corrected chi connectivity index (χ4v) is 2.57. The van der Waals surface area contributed by atoms with Gasteiger partial charge in [0.2, 0.25) is 6.54 Å². The number of carbonyl (C=O) groups is 2. The van der Waals surface area contributed by atoms with E-state index in [9.17, 15) is 9.59 Å². The van der Waals surface area contributed by atoms with Crippen molar-refractivity contribution >= 4 is 17.4 Å². The minimum atomic E-state index is -0.168. The van der Waals surface area contributed by atoms with Crippen LogP contribution in [0.25, 0.3) is 0 Å². The second kappa shape index (κ2) is 8.76. The van der Waals surface area contributed by atoms with Gasteiger partial charge in [-0.05, 0) is 42.8 Å². The molecule has 0 aliphatic rings. The number of Topliss-reactive ketones (excluding diaryl/α,β-unsaturated/α-hetero) is 1. The molecule has 3 aromatic rings. The van der Waals surface area contributed by atoms with Crippen molar-refractivity contribution in [3.63, 3.8) is 0 Å². The zero-order chi connectivity index (χ0) is 19.1. The molecule has 2 aromatic carbocycles. The molecule has 1 aromatic heterocycles. The van der Waals surface area contributed by atoms with Gasteiger partial charge in [0.05, 0.1) is 5.56 Å². The number of ether oxygens (including phenoxy) is 1. The first-order valence-electron chi connectivity index (χ1n) is 8.67. The zero-order valence-electron chi connectivity index (χ0n) is 15.1. The van der Waals surface area contributed by atoms with Crippen molar-refractivity contribution in [1.82, 2.24) is 0 Å². The number of carbonyl (C=O) groups excluding carboxylic acids is 2. The van der Waals surface area contributed by atoms with Gasteiger partial charge in [0.15, 0.2) is 18.2 Å². The van der Waals surface area contributed by atoms with E-state index in [0.717, 1.165) is 11.3 Å². The van der Waals surface area contributed by atoms with Crippen molar-refractivity contribution in [1.29, 1.82) is 0 Å². The summed E-state index contributed by atoms with van der Waals surface area (Å²) in [5.74, 6) is 0.537. The molecule has 3 rings (SSSR count). The molecule has 0 aliphatic carbocycles. The van der Waals surface area contributed by atoms with Crippen molar-refractivity contribution in [2.24, 2.45) is 0 Å². The van der Waals surface area contributed by atoms with E-state index in [-0.39, 0.29) is 18.2 Å². The van der Waals surface area contributed by atoms with Crippen LogP contribution in [0.4, 0.5) is 5.69 Å². The molecular weight excluding hydrogens is 340 g/mol.